The van der Waals surface area contributed by atoms with Crippen LogP contribution in [0.2, 0.25) is 0 Å². The van der Waals surface area contributed by atoms with Gasteiger partial charge in [-0.3, -0.25) is 0 Å². The molecule has 0 saturated heterocycles. The lowest BCUT2D eigenvalue weighted by Gasteiger charge is -2.26. The monoisotopic (exact) mass is 269 g/mol. The molecule has 1 aromatic carbocycles. The van der Waals surface area contributed by atoms with Gasteiger partial charge in [0.1, 0.15) is 0 Å². The average Bonchev–Trinajstić information content (AvgIpc) is 2.88. The number of ether oxygens (including phenoxy) is 1. The van der Waals surface area contributed by atoms with E-state index in [0.29, 0.717) is 0 Å². The van der Waals surface area contributed by atoms with Gasteiger partial charge in [-0.2, -0.15) is 0 Å². The molecule has 0 spiro atoms. The Kier molecular flexibility index (Phi) is 2.54. The normalized spacial score (nSPS) is 44.2. The summed E-state index contributed by atoms with van der Waals surface area (Å²) in [7, 11) is 0. The van der Waals surface area contributed by atoms with Gasteiger partial charge in [0.25, 0.3) is 0 Å². The zero-order valence-corrected chi connectivity index (χ0v) is 11.9. The van der Waals surface area contributed by atoms with Crippen LogP contribution in [0.15, 0.2) is 24.3 Å². The number of hydrogen-bond donors (Lipinski definition) is 1. The van der Waals surface area contributed by atoms with E-state index in [1.54, 1.807) is 0 Å². The zero-order valence-electron chi connectivity index (χ0n) is 11.9. The molecule has 3 saturated carbocycles. The Morgan fingerprint density at radius 3 is 2.75 bits per heavy atom. The molecule has 0 aromatic heterocycles. The van der Waals surface area contributed by atoms with Crippen LogP contribution in [0.4, 0.5) is 0 Å². The molecular formula is C18H23NO. The molecule has 5 atom stereocenters. The lowest BCUT2D eigenvalue weighted by molar-refractivity contribution is 0.0416. The molecule has 5 rings (SSSR count). The minimum atomic E-state index is 0.277. The standard InChI is InChI=1S/C18H23NO/c1-2-4-14-11(3-1)7-8-20-15(14)10-19-18-16-12-5-6-13(9-12)17(16)18/h1-4,12-13,15-19H,5-10H2. The van der Waals surface area contributed by atoms with E-state index in [1.165, 1.54) is 30.4 Å². The van der Waals surface area contributed by atoms with Crippen LogP contribution < -0.4 is 5.32 Å². The van der Waals surface area contributed by atoms with Crippen molar-refractivity contribution in [2.24, 2.45) is 23.7 Å². The SMILES string of the molecule is c1ccc2c(c1)CCOC2CNC1C2C3CCC(C3)C12. The summed E-state index contributed by atoms with van der Waals surface area (Å²) in [6, 6.07) is 9.62. The van der Waals surface area contributed by atoms with E-state index in [9.17, 15) is 0 Å². The summed E-state index contributed by atoms with van der Waals surface area (Å²) in [4.78, 5) is 0. The predicted molar refractivity (Wildman–Crippen MR) is 78.4 cm³/mol. The fraction of sp³-hybridized carbons (Fsp3) is 0.667. The number of benzene rings is 1. The van der Waals surface area contributed by atoms with Crippen LogP contribution in [0.1, 0.15) is 36.5 Å². The molecule has 0 radical (unpaired) electrons. The second-order valence-corrected chi connectivity index (χ2v) is 7.23. The highest BCUT2D eigenvalue weighted by Crippen LogP contribution is 2.65. The summed E-state index contributed by atoms with van der Waals surface area (Å²) in [5.41, 5.74) is 2.90. The van der Waals surface area contributed by atoms with E-state index in [-0.39, 0.29) is 6.10 Å². The lowest BCUT2D eigenvalue weighted by atomic mass is 9.97. The molecule has 2 heteroatoms. The Hall–Kier alpha value is -0.860. The fourth-order valence-electron chi connectivity index (χ4n) is 5.49. The summed E-state index contributed by atoms with van der Waals surface area (Å²) in [6.07, 6.45) is 5.90. The van der Waals surface area contributed by atoms with Crippen molar-refractivity contribution >= 4 is 0 Å². The third-order valence-corrected chi connectivity index (χ3v) is 6.37. The Balaban J connectivity index is 1.26. The number of nitrogens with one attached hydrogen (secondary N) is 1. The largest absolute Gasteiger partial charge is 0.372 e. The van der Waals surface area contributed by atoms with Crippen molar-refractivity contribution < 1.29 is 4.74 Å². The van der Waals surface area contributed by atoms with E-state index in [2.05, 4.69) is 29.6 Å². The minimum absolute atomic E-state index is 0.277. The summed E-state index contributed by atoms with van der Waals surface area (Å²) in [5, 5.41) is 3.85. The van der Waals surface area contributed by atoms with Crippen LogP contribution >= 0.6 is 0 Å². The van der Waals surface area contributed by atoms with Crippen molar-refractivity contribution in [1.82, 2.24) is 5.32 Å². The predicted octanol–water partition coefficient (Wildman–Crippen LogP) is 2.93. The second-order valence-electron chi connectivity index (χ2n) is 7.23. The minimum Gasteiger partial charge on any atom is -0.372 e. The van der Waals surface area contributed by atoms with Gasteiger partial charge < -0.3 is 10.1 Å². The lowest BCUT2D eigenvalue weighted by Crippen LogP contribution is -2.31. The molecule has 1 heterocycles. The van der Waals surface area contributed by atoms with E-state index in [4.69, 9.17) is 4.74 Å². The van der Waals surface area contributed by atoms with Gasteiger partial charge in [0.2, 0.25) is 0 Å². The summed E-state index contributed by atoms with van der Waals surface area (Å²) < 4.78 is 6.01. The smallest absolute Gasteiger partial charge is 0.0952 e. The molecule has 4 aliphatic rings. The van der Waals surface area contributed by atoms with E-state index in [1.807, 2.05) is 0 Å². The fourth-order valence-corrected chi connectivity index (χ4v) is 5.49. The van der Waals surface area contributed by atoms with Gasteiger partial charge in [-0.15, -0.1) is 0 Å². The first-order chi connectivity index (χ1) is 9.92. The molecule has 5 unspecified atom stereocenters. The van der Waals surface area contributed by atoms with Crippen LogP contribution in [0.3, 0.4) is 0 Å². The molecule has 1 N–H and O–H groups in total. The first-order valence-corrected chi connectivity index (χ1v) is 8.34. The van der Waals surface area contributed by atoms with Crippen molar-refractivity contribution in [3.8, 4) is 0 Å². The number of rotatable bonds is 3. The van der Waals surface area contributed by atoms with Crippen molar-refractivity contribution in [2.45, 2.75) is 37.8 Å². The summed E-state index contributed by atoms with van der Waals surface area (Å²) >= 11 is 0. The van der Waals surface area contributed by atoms with Gasteiger partial charge in [0.05, 0.1) is 12.7 Å². The summed E-state index contributed by atoms with van der Waals surface area (Å²) in [6.45, 7) is 1.89. The van der Waals surface area contributed by atoms with E-state index >= 15 is 0 Å². The van der Waals surface area contributed by atoms with Crippen LogP contribution in [0, 0.1) is 23.7 Å². The molecule has 2 bridgehead atoms. The summed E-state index contributed by atoms with van der Waals surface area (Å²) in [5.74, 6) is 4.16. The van der Waals surface area contributed by atoms with Crippen LogP contribution in [0.25, 0.3) is 0 Å². The zero-order chi connectivity index (χ0) is 13.1. The molecule has 3 aliphatic carbocycles. The molecule has 106 valence electrons. The van der Waals surface area contributed by atoms with E-state index < -0.39 is 0 Å². The highest BCUT2D eigenvalue weighted by molar-refractivity contribution is 5.31. The third kappa shape index (κ3) is 1.64. The quantitative estimate of drug-likeness (QED) is 0.911. The Morgan fingerprint density at radius 2 is 1.90 bits per heavy atom. The number of hydrogen-bond acceptors (Lipinski definition) is 2. The van der Waals surface area contributed by atoms with Crippen molar-refractivity contribution in [2.75, 3.05) is 13.2 Å². The van der Waals surface area contributed by atoms with E-state index in [0.717, 1.165) is 49.3 Å². The van der Waals surface area contributed by atoms with Crippen molar-refractivity contribution in [3.05, 3.63) is 35.4 Å². The van der Waals surface area contributed by atoms with Crippen molar-refractivity contribution in [1.29, 1.82) is 0 Å². The van der Waals surface area contributed by atoms with Gasteiger partial charge in [0, 0.05) is 12.6 Å². The van der Waals surface area contributed by atoms with Crippen LogP contribution in [-0.2, 0) is 11.2 Å². The first-order valence-electron chi connectivity index (χ1n) is 8.34. The molecular weight excluding hydrogens is 246 g/mol. The molecule has 1 aromatic rings. The average molecular weight is 269 g/mol. The molecule has 1 aliphatic heterocycles. The van der Waals surface area contributed by atoms with Crippen molar-refractivity contribution in [3.63, 3.8) is 0 Å². The Morgan fingerprint density at radius 1 is 1.10 bits per heavy atom. The Bertz CT molecular complexity index is 512. The topological polar surface area (TPSA) is 21.3 Å². The maximum absolute atomic E-state index is 6.01. The highest BCUT2D eigenvalue weighted by Gasteiger charge is 2.64. The third-order valence-electron chi connectivity index (χ3n) is 6.37. The Labute approximate surface area is 120 Å². The van der Waals surface area contributed by atoms with Gasteiger partial charge >= 0.3 is 0 Å². The van der Waals surface area contributed by atoms with Gasteiger partial charge in [-0.1, -0.05) is 24.3 Å². The van der Waals surface area contributed by atoms with Gasteiger partial charge in [-0.25, -0.2) is 0 Å². The maximum atomic E-state index is 6.01. The molecule has 3 fully saturated rings. The van der Waals surface area contributed by atoms with Crippen LogP contribution in [0.5, 0.6) is 0 Å². The second kappa shape index (κ2) is 4.32. The molecule has 2 nitrogen and oxygen atoms in total. The first kappa shape index (κ1) is 11.8. The molecule has 0 amide bonds. The highest BCUT2D eigenvalue weighted by atomic mass is 16.5. The maximum Gasteiger partial charge on any atom is 0.0952 e. The van der Waals surface area contributed by atoms with Gasteiger partial charge in [0.15, 0.2) is 0 Å². The van der Waals surface area contributed by atoms with Crippen LogP contribution in [-0.4, -0.2) is 19.2 Å². The van der Waals surface area contributed by atoms with Gasteiger partial charge in [-0.05, 0) is 60.5 Å². The number of fused-ring (bicyclic) bond motifs is 6. The molecule has 20 heavy (non-hydrogen) atoms.